The summed E-state index contributed by atoms with van der Waals surface area (Å²) in [6.45, 7) is 2.25. The third-order valence-electron chi connectivity index (χ3n) is 3.73. The van der Waals surface area contributed by atoms with E-state index in [0.29, 0.717) is 12.0 Å². The second kappa shape index (κ2) is 6.59. The molecule has 0 aliphatic carbocycles. The first-order valence-electron chi connectivity index (χ1n) is 7.23. The first-order chi connectivity index (χ1) is 10.3. The third kappa shape index (κ3) is 3.34. The molecule has 1 aromatic heterocycles. The maximum Gasteiger partial charge on any atom is 0.0451 e. The lowest BCUT2D eigenvalue weighted by molar-refractivity contribution is 0.686. The fourth-order valence-electron chi connectivity index (χ4n) is 2.78. The van der Waals surface area contributed by atoms with E-state index in [1.54, 1.807) is 11.3 Å². The first-order valence-corrected chi connectivity index (χ1v) is 8.17. The van der Waals surface area contributed by atoms with E-state index in [9.17, 15) is 0 Å². The lowest BCUT2D eigenvalue weighted by Crippen LogP contribution is -2.25. The van der Waals surface area contributed by atoms with Gasteiger partial charge in [0.2, 0.25) is 0 Å². The van der Waals surface area contributed by atoms with Crippen LogP contribution in [0.15, 0.2) is 77.5 Å². The van der Waals surface area contributed by atoms with E-state index >= 15 is 0 Å². The Balaban J connectivity index is 1.92. The van der Waals surface area contributed by atoms with E-state index in [4.69, 9.17) is 0 Å². The van der Waals surface area contributed by atoms with Crippen LogP contribution in [0.5, 0.6) is 0 Å². The molecular formula is C19H19NS. The summed E-state index contributed by atoms with van der Waals surface area (Å²) in [5.41, 5.74) is 3.89. The van der Waals surface area contributed by atoms with E-state index in [1.807, 2.05) is 0 Å². The predicted octanol–water partition coefficient (Wildman–Crippen LogP) is 5.38. The lowest BCUT2D eigenvalue weighted by Gasteiger charge is -2.26. The minimum absolute atomic E-state index is 0.324. The highest BCUT2D eigenvalue weighted by atomic mass is 32.1. The molecule has 3 rings (SSSR count). The third-order valence-corrected chi connectivity index (χ3v) is 4.42. The molecule has 106 valence electrons. The van der Waals surface area contributed by atoms with E-state index in [2.05, 4.69) is 89.7 Å². The van der Waals surface area contributed by atoms with Crippen molar-refractivity contribution in [2.24, 2.45) is 0 Å². The number of hydrogen-bond donors (Lipinski definition) is 1. The van der Waals surface area contributed by atoms with Crippen molar-refractivity contribution in [3.05, 3.63) is 88.6 Å². The Kier molecular flexibility index (Phi) is 4.37. The van der Waals surface area contributed by atoms with Crippen molar-refractivity contribution in [2.75, 3.05) is 5.32 Å². The summed E-state index contributed by atoms with van der Waals surface area (Å²) in [5, 5.41) is 7.89. The molecule has 1 nitrogen and oxygen atoms in total. The average molecular weight is 293 g/mol. The van der Waals surface area contributed by atoms with Gasteiger partial charge in [0.25, 0.3) is 0 Å². The molecule has 1 heterocycles. The monoisotopic (exact) mass is 293 g/mol. The van der Waals surface area contributed by atoms with Gasteiger partial charge in [-0.3, -0.25) is 0 Å². The molecule has 2 heteroatoms. The summed E-state index contributed by atoms with van der Waals surface area (Å²) >= 11 is 1.72. The lowest BCUT2D eigenvalue weighted by atomic mass is 9.86. The molecule has 1 unspecified atom stereocenters. The van der Waals surface area contributed by atoms with Gasteiger partial charge in [0.15, 0.2) is 0 Å². The summed E-state index contributed by atoms with van der Waals surface area (Å²) in [4.78, 5) is 0. The topological polar surface area (TPSA) is 12.0 Å². The maximum atomic E-state index is 3.63. The van der Waals surface area contributed by atoms with Crippen LogP contribution in [0.2, 0.25) is 0 Å². The zero-order valence-corrected chi connectivity index (χ0v) is 12.9. The van der Waals surface area contributed by atoms with Crippen LogP contribution in [0.4, 0.5) is 5.69 Å². The number of benzene rings is 2. The number of rotatable bonds is 5. The van der Waals surface area contributed by atoms with Gasteiger partial charge in [-0.05, 0) is 29.5 Å². The van der Waals surface area contributed by atoms with Crippen molar-refractivity contribution in [2.45, 2.75) is 18.9 Å². The molecule has 2 aromatic carbocycles. The molecule has 0 amide bonds. The normalized spacial score (nSPS) is 12.3. The summed E-state index contributed by atoms with van der Waals surface area (Å²) in [7, 11) is 0. The van der Waals surface area contributed by atoms with Crippen LogP contribution in [0, 0.1) is 0 Å². The Labute approximate surface area is 130 Å². The molecule has 0 fully saturated rings. The molecule has 0 aliphatic heterocycles. The highest BCUT2D eigenvalue weighted by molar-refractivity contribution is 7.08. The molecule has 0 radical (unpaired) electrons. The van der Waals surface area contributed by atoms with Gasteiger partial charge in [-0.25, -0.2) is 0 Å². The van der Waals surface area contributed by atoms with Crippen molar-refractivity contribution in [3.63, 3.8) is 0 Å². The Morgan fingerprint density at radius 1 is 0.810 bits per heavy atom. The first kappa shape index (κ1) is 13.9. The fraction of sp³-hybridized carbons (Fsp3) is 0.158. The maximum absolute atomic E-state index is 3.63. The molecule has 1 atom stereocenters. The van der Waals surface area contributed by atoms with Gasteiger partial charge >= 0.3 is 0 Å². The van der Waals surface area contributed by atoms with Gasteiger partial charge in [0.1, 0.15) is 0 Å². The highest BCUT2D eigenvalue weighted by Gasteiger charge is 2.21. The summed E-state index contributed by atoms with van der Waals surface area (Å²) in [6, 6.07) is 23.9. The highest BCUT2D eigenvalue weighted by Crippen LogP contribution is 2.30. The van der Waals surface area contributed by atoms with Gasteiger partial charge in [0.05, 0.1) is 0 Å². The predicted molar refractivity (Wildman–Crippen MR) is 92.1 cm³/mol. The Hall–Kier alpha value is -2.06. The molecule has 0 aliphatic rings. The van der Waals surface area contributed by atoms with Crippen LogP contribution in [-0.2, 0) is 0 Å². The van der Waals surface area contributed by atoms with Crippen LogP contribution >= 0.6 is 11.3 Å². The Morgan fingerprint density at radius 2 is 1.38 bits per heavy atom. The zero-order valence-electron chi connectivity index (χ0n) is 12.1. The van der Waals surface area contributed by atoms with E-state index in [0.717, 1.165) is 0 Å². The minimum atomic E-state index is 0.324. The second-order valence-corrected chi connectivity index (χ2v) is 6.02. The largest absolute Gasteiger partial charge is 0.381 e. The summed E-state index contributed by atoms with van der Waals surface area (Å²) in [6.07, 6.45) is 0. The van der Waals surface area contributed by atoms with Gasteiger partial charge in [-0.2, -0.15) is 11.3 Å². The van der Waals surface area contributed by atoms with E-state index in [-0.39, 0.29) is 0 Å². The van der Waals surface area contributed by atoms with Crippen LogP contribution in [0.1, 0.15) is 24.0 Å². The molecule has 1 N–H and O–H groups in total. The van der Waals surface area contributed by atoms with Crippen LogP contribution in [0.25, 0.3) is 0 Å². The van der Waals surface area contributed by atoms with Gasteiger partial charge in [0, 0.05) is 23.0 Å². The van der Waals surface area contributed by atoms with Crippen LogP contribution in [-0.4, -0.2) is 6.04 Å². The van der Waals surface area contributed by atoms with Crippen LogP contribution < -0.4 is 5.32 Å². The molecule has 3 aromatic rings. The number of nitrogens with one attached hydrogen (secondary N) is 1. The summed E-state index contributed by atoms with van der Waals surface area (Å²) < 4.78 is 0. The Bertz CT molecular complexity index is 607. The Morgan fingerprint density at radius 3 is 1.86 bits per heavy atom. The minimum Gasteiger partial charge on any atom is -0.381 e. The van der Waals surface area contributed by atoms with Gasteiger partial charge in [-0.1, -0.05) is 60.7 Å². The molecule has 0 bridgehead atoms. The van der Waals surface area contributed by atoms with Crippen molar-refractivity contribution >= 4 is 17.0 Å². The SMILES string of the molecule is CC(Nc1ccsc1)C(c1ccccc1)c1ccccc1. The van der Waals surface area contributed by atoms with Crippen molar-refractivity contribution in [3.8, 4) is 0 Å². The van der Waals surface area contributed by atoms with Crippen molar-refractivity contribution in [1.29, 1.82) is 0 Å². The standard InChI is InChI=1S/C19H19NS/c1-15(20-18-12-13-21-14-18)19(16-8-4-2-5-9-16)17-10-6-3-7-11-17/h2-15,19-20H,1H3. The molecule has 0 saturated carbocycles. The average Bonchev–Trinajstić information content (AvgIpc) is 3.02. The quantitative estimate of drug-likeness (QED) is 0.666. The summed E-state index contributed by atoms with van der Waals surface area (Å²) in [5.74, 6) is 0.340. The number of thiophene rings is 1. The molecule has 21 heavy (non-hydrogen) atoms. The second-order valence-electron chi connectivity index (χ2n) is 5.24. The molecule has 0 saturated heterocycles. The van der Waals surface area contributed by atoms with Crippen LogP contribution in [0.3, 0.4) is 0 Å². The number of hydrogen-bond acceptors (Lipinski definition) is 2. The smallest absolute Gasteiger partial charge is 0.0451 e. The molecular weight excluding hydrogens is 274 g/mol. The van der Waals surface area contributed by atoms with E-state index < -0.39 is 0 Å². The van der Waals surface area contributed by atoms with Crippen molar-refractivity contribution < 1.29 is 0 Å². The number of anilines is 1. The zero-order chi connectivity index (χ0) is 14.5. The van der Waals surface area contributed by atoms with Gasteiger partial charge < -0.3 is 5.32 Å². The van der Waals surface area contributed by atoms with Gasteiger partial charge in [-0.15, -0.1) is 0 Å². The van der Waals surface area contributed by atoms with E-state index in [1.165, 1.54) is 16.8 Å². The fourth-order valence-corrected chi connectivity index (χ4v) is 3.38. The molecule has 0 spiro atoms. The van der Waals surface area contributed by atoms with Crippen molar-refractivity contribution in [1.82, 2.24) is 0 Å².